The minimum Gasteiger partial charge on any atom is -0.380 e. The smallest absolute Gasteiger partial charge is 0.170 e. The first-order valence-corrected chi connectivity index (χ1v) is 5.93. The molecule has 1 fully saturated rings. The van der Waals surface area contributed by atoms with Crippen molar-refractivity contribution in [1.29, 1.82) is 0 Å². The van der Waals surface area contributed by atoms with E-state index in [1.54, 1.807) is 19.3 Å². The van der Waals surface area contributed by atoms with Crippen LogP contribution in [0.15, 0.2) is 12.3 Å². The van der Waals surface area contributed by atoms with Gasteiger partial charge in [-0.05, 0) is 19.5 Å². The zero-order valence-electron chi connectivity index (χ0n) is 10.1. The average Bonchev–Trinajstić information content (AvgIpc) is 2.61. The van der Waals surface area contributed by atoms with Gasteiger partial charge >= 0.3 is 0 Å². The lowest BCUT2D eigenvalue weighted by molar-refractivity contribution is 0.152. The highest BCUT2D eigenvalue weighted by atomic mass is 19.1. The molecule has 0 aliphatic carbocycles. The van der Waals surface area contributed by atoms with E-state index in [1.807, 2.05) is 4.90 Å². The molecule has 0 radical (unpaired) electrons. The van der Waals surface area contributed by atoms with Crippen molar-refractivity contribution in [2.75, 3.05) is 38.3 Å². The van der Waals surface area contributed by atoms with Gasteiger partial charge in [-0.1, -0.05) is 0 Å². The maximum atomic E-state index is 14.2. The second-order valence-corrected chi connectivity index (χ2v) is 4.09. The van der Waals surface area contributed by atoms with Gasteiger partial charge < -0.3 is 15.0 Å². The third kappa shape index (κ3) is 2.92. The second kappa shape index (κ2) is 5.93. The van der Waals surface area contributed by atoms with Gasteiger partial charge in [0, 0.05) is 38.0 Å². The van der Waals surface area contributed by atoms with Gasteiger partial charge in [0.15, 0.2) is 11.6 Å². The maximum Gasteiger partial charge on any atom is 0.170 e. The monoisotopic (exact) mass is 239 g/mol. The van der Waals surface area contributed by atoms with Crippen LogP contribution >= 0.6 is 0 Å². The minimum absolute atomic E-state index is 0.219. The van der Waals surface area contributed by atoms with Gasteiger partial charge in [-0.25, -0.2) is 9.37 Å². The van der Waals surface area contributed by atoms with E-state index >= 15 is 0 Å². The van der Waals surface area contributed by atoms with E-state index in [4.69, 9.17) is 4.74 Å². The quantitative estimate of drug-likeness (QED) is 0.859. The molecule has 1 aromatic rings. The van der Waals surface area contributed by atoms with Crippen molar-refractivity contribution in [3.8, 4) is 0 Å². The van der Waals surface area contributed by atoms with Gasteiger partial charge in [-0.15, -0.1) is 0 Å². The first-order chi connectivity index (χ1) is 8.33. The van der Waals surface area contributed by atoms with E-state index in [2.05, 4.69) is 10.3 Å². The molecule has 0 amide bonds. The van der Waals surface area contributed by atoms with Gasteiger partial charge in [0.05, 0.1) is 6.61 Å². The van der Waals surface area contributed by atoms with Crippen molar-refractivity contribution in [3.05, 3.63) is 23.6 Å². The summed E-state index contributed by atoms with van der Waals surface area (Å²) in [6, 6.07) is 1.71. The highest BCUT2D eigenvalue weighted by Gasteiger charge is 2.17. The van der Waals surface area contributed by atoms with Crippen LogP contribution in [0.4, 0.5) is 10.2 Å². The highest BCUT2D eigenvalue weighted by Crippen LogP contribution is 2.20. The summed E-state index contributed by atoms with van der Waals surface area (Å²) in [5, 5.41) is 2.96. The minimum atomic E-state index is -0.219. The average molecular weight is 239 g/mol. The van der Waals surface area contributed by atoms with Gasteiger partial charge in [0.25, 0.3) is 0 Å². The van der Waals surface area contributed by atoms with Crippen molar-refractivity contribution in [1.82, 2.24) is 10.3 Å². The van der Waals surface area contributed by atoms with Crippen LogP contribution in [0.2, 0.25) is 0 Å². The highest BCUT2D eigenvalue weighted by molar-refractivity contribution is 5.43. The SMILES string of the molecule is CNCc1ccnc(N2CCCOCC2)c1F. The molecule has 94 valence electrons. The van der Waals surface area contributed by atoms with Gasteiger partial charge in [0.2, 0.25) is 0 Å². The van der Waals surface area contributed by atoms with Crippen LogP contribution in [0.1, 0.15) is 12.0 Å². The third-order valence-electron chi connectivity index (χ3n) is 2.84. The number of hydrogen-bond acceptors (Lipinski definition) is 4. The topological polar surface area (TPSA) is 37.4 Å². The van der Waals surface area contributed by atoms with Crippen LogP contribution in [0.25, 0.3) is 0 Å². The fraction of sp³-hybridized carbons (Fsp3) is 0.583. The number of hydrogen-bond donors (Lipinski definition) is 1. The fourth-order valence-corrected chi connectivity index (χ4v) is 1.98. The second-order valence-electron chi connectivity index (χ2n) is 4.09. The fourth-order valence-electron chi connectivity index (χ4n) is 1.98. The summed E-state index contributed by atoms with van der Waals surface area (Å²) in [7, 11) is 1.80. The van der Waals surface area contributed by atoms with Crippen molar-refractivity contribution in [2.24, 2.45) is 0 Å². The maximum absolute atomic E-state index is 14.2. The number of pyridine rings is 1. The summed E-state index contributed by atoms with van der Waals surface area (Å²) in [5.74, 6) is 0.229. The molecular weight excluding hydrogens is 221 g/mol. The van der Waals surface area contributed by atoms with Crippen LogP contribution in [-0.4, -0.2) is 38.3 Å². The molecule has 0 atom stereocenters. The zero-order valence-corrected chi connectivity index (χ0v) is 10.1. The van der Waals surface area contributed by atoms with Crippen LogP contribution in [0.5, 0.6) is 0 Å². The summed E-state index contributed by atoms with van der Waals surface area (Å²) in [5.41, 5.74) is 0.655. The number of halogens is 1. The summed E-state index contributed by atoms with van der Waals surface area (Å²) < 4.78 is 19.6. The first-order valence-electron chi connectivity index (χ1n) is 5.93. The van der Waals surface area contributed by atoms with E-state index < -0.39 is 0 Å². The standard InChI is InChI=1S/C12H18FN3O/c1-14-9-10-3-4-15-12(11(10)13)16-5-2-7-17-8-6-16/h3-4,14H,2,5-9H2,1H3. The molecule has 0 spiro atoms. The van der Waals surface area contributed by atoms with Gasteiger partial charge in [-0.3, -0.25) is 0 Å². The molecule has 5 heteroatoms. The lowest BCUT2D eigenvalue weighted by atomic mass is 10.2. The summed E-state index contributed by atoms with van der Waals surface area (Å²) in [6.45, 7) is 3.40. The summed E-state index contributed by atoms with van der Waals surface area (Å²) in [6.07, 6.45) is 2.58. The zero-order chi connectivity index (χ0) is 12.1. The van der Waals surface area contributed by atoms with Crippen LogP contribution in [0.3, 0.4) is 0 Å². The third-order valence-corrected chi connectivity index (χ3v) is 2.84. The molecule has 4 nitrogen and oxygen atoms in total. The molecule has 2 rings (SSSR count). The molecule has 0 unspecified atom stereocenters. The Balaban J connectivity index is 2.21. The lowest BCUT2D eigenvalue weighted by Gasteiger charge is -2.22. The molecular formula is C12H18FN3O. The van der Waals surface area contributed by atoms with Crippen LogP contribution < -0.4 is 10.2 Å². The summed E-state index contributed by atoms with van der Waals surface area (Å²) in [4.78, 5) is 6.11. The Bertz CT molecular complexity index is 365. The largest absolute Gasteiger partial charge is 0.380 e. The Morgan fingerprint density at radius 3 is 3.18 bits per heavy atom. The van der Waals surface area contributed by atoms with Crippen molar-refractivity contribution >= 4 is 5.82 Å². The molecule has 1 aromatic heterocycles. The molecule has 1 N–H and O–H groups in total. The Morgan fingerprint density at radius 2 is 2.35 bits per heavy atom. The predicted octanol–water partition coefficient (Wildman–Crippen LogP) is 1.17. The molecule has 1 saturated heterocycles. The van der Waals surface area contributed by atoms with Crippen molar-refractivity contribution in [3.63, 3.8) is 0 Å². The number of nitrogens with one attached hydrogen (secondary N) is 1. The Hall–Kier alpha value is -1.20. The number of aromatic nitrogens is 1. The van der Waals surface area contributed by atoms with E-state index in [1.165, 1.54) is 0 Å². The van der Waals surface area contributed by atoms with Crippen LogP contribution in [0, 0.1) is 5.82 Å². The van der Waals surface area contributed by atoms with Crippen LogP contribution in [-0.2, 0) is 11.3 Å². The predicted molar refractivity (Wildman–Crippen MR) is 64.6 cm³/mol. The molecule has 0 saturated carbocycles. The first kappa shape index (κ1) is 12.3. The van der Waals surface area contributed by atoms with Gasteiger partial charge in [0.1, 0.15) is 0 Å². The number of ether oxygens (including phenoxy) is 1. The Labute approximate surface area is 101 Å². The number of rotatable bonds is 3. The van der Waals surface area contributed by atoms with Crippen molar-refractivity contribution < 1.29 is 9.13 Å². The summed E-state index contributed by atoms with van der Waals surface area (Å²) >= 11 is 0. The van der Waals surface area contributed by atoms with Crippen molar-refractivity contribution in [2.45, 2.75) is 13.0 Å². The molecule has 1 aliphatic heterocycles. The number of anilines is 1. The molecule has 0 bridgehead atoms. The Kier molecular flexibility index (Phi) is 4.28. The number of nitrogens with zero attached hydrogens (tertiary/aromatic N) is 2. The van der Waals surface area contributed by atoms with Gasteiger partial charge in [-0.2, -0.15) is 0 Å². The van der Waals surface area contributed by atoms with E-state index in [0.29, 0.717) is 31.1 Å². The Morgan fingerprint density at radius 1 is 1.47 bits per heavy atom. The molecule has 0 aromatic carbocycles. The van der Waals surface area contributed by atoms with E-state index in [9.17, 15) is 4.39 Å². The normalized spacial score (nSPS) is 16.9. The molecule has 1 aliphatic rings. The van der Waals surface area contributed by atoms with E-state index in [0.717, 1.165) is 19.6 Å². The lowest BCUT2D eigenvalue weighted by Crippen LogP contribution is -2.28. The molecule has 17 heavy (non-hydrogen) atoms. The molecule has 2 heterocycles. The van der Waals surface area contributed by atoms with E-state index in [-0.39, 0.29) is 5.82 Å².